The summed E-state index contributed by atoms with van der Waals surface area (Å²) in [5.74, 6) is -2.02. The number of carbonyl (C=O) groups is 3. The van der Waals surface area contributed by atoms with Crippen molar-refractivity contribution in [3.63, 3.8) is 0 Å². The van der Waals surface area contributed by atoms with Crippen LogP contribution in [0.3, 0.4) is 0 Å². The number of hydrogen-bond donors (Lipinski definition) is 0. The minimum absolute atomic E-state index is 0.0114. The van der Waals surface area contributed by atoms with Gasteiger partial charge in [-0.3, -0.25) is 9.59 Å². The monoisotopic (exact) mass is 300 g/mol. The van der Waals surface area contributed by atoms with Crippen LogP contribution in [0.2, 0.25) is 5.02 Å². The van der Waals surface area contributed by atoms with E-state index in [-0.39, 0.29) is 34.3 Å². The van der Waals surface area contributed by atoms with Crippen molar-refractivity contribution in [2.75, 3.05) is 20.8 Å². The van der Waals surface area contributed by atoms with Crippen LogP contribution in [0.4, 0.5) is 0 Å². The molecule has 0 amide bonds. The number of halogens is 1. The van der Waals surface area contributed by atoms with Crippen molar-refractivity contribution in [2.24, 2.45) is 0 Å². The predicted molar refractivity (Wildman–Crippen MR) is 70.9 cm³/mol. The number of ether oxygens (including phenoxy) is 3. The van der Waals surface area contributed by atoms with Crippen molar-refractivity contribution in [3.8, 4) is 11.5 Å². The third-order valence-corrected chi connectivity index (χ3v) is 2.77. The zero-order valence-corrected chi connectivity index (χ0v) is 11.9. The summed E-state index contributed by atoms with van der Waals surface area (Å²) in [5, 5.41) is -0.0229. The van der Waals surface area contributed by atoms with E-state index < -0.39 is 11.8 Å². The summed E-state index contributed by atoms with van der Waals surface area (Å²) in [6.45, 7) is 1.63. The van der Waals surface area contributed by atoms with Crippen molar-refractivity contribution in [1.82, 2.24) is 0 Å². The topological polar surface area (TPSA) is 78.9 Å². The number of esters is 1. The minimum atomic E-state index is -1.04. The lowest BCUT2D eigenvalue weighted by Crippen LogP contribution is -2.19. The molecule has 6 nitrogen and oxygen atoms in total. The Morgan fingerprint density at radius 1 is 1.25 bits per heavy atom. The van der Waals surface area contributed by atoms with Gasteiger partial charge in [-0.25, -0.2) is 4.79 Å². The maximum atomic E-state index is 12.0. The quantitative estimate of drug-likeness (QED) is 0.346. The minimum Gasteiger partial charge on any atom is -0.492 e. The highest BCUT2D eigenvalue weighted by Gasteiger charge is 2.27. The third-order valence-electron chi connectivity index (χ3n) is 2.46. The fraction of sp³-hybridized carbons (Fsp3) is 0.308. The van der Waals surface area contributed by atoms with E-state index in [9.17, 15) is 14.4 Å². The van der Waals surface area contributed by atoms with Crippen LogP contribution in [0.5, 0.6) is 11.5 Å². The van der Waals surface area contributed by atoms with Gasteiger partial charge < -0.3 is 14.2 Å². The normalized spacial score (nSPS) is 9.80. The van der Waals surface area contributed by atoms with Gasteiger partial charge in [0.25, 0.3) is 5.78 Å². The van der Waals surface area contributed by atoms with Crippen LogP contribution in [0, 0.1) is 0 Å². The first kappa shape index (κ1) is 16.0. The van der Waals surface area contributed by atoms with Gasteiger partial charge >= 0.3 is 5.97 Å². The molecule has 7 heteroatoms. The number of methoxy groups -OCH3 is 2. The van der Waals surface area contributed by atoms with E-state index in [1.54, 1.807) is 6.92 Å². The van der Waals surface area contributed by atoms with Crippen molar-refractivity contribution < 1.29 is 28.6 Å². The number of aldehydes is 1. The SMILES string of the molecule is CCOC(=O)C(=O)c1cc(Cl)c(C=O)c(OC)c1OC. The zero-order chi connectivity index (χ0) is 15.3. The molecule has 0 aliphatic carbocycles. The van der Waals surface area contributed by atoms with E-state index in [1.807, 2.05) is 0 Å². The van der Waals surface area contributed by atoms with Crippen LogP contribution in [-0.2, 0) is 9.53 Å². The highest BCUT2D eigenvalue weighted by Crippen LogP contribution is 2.38. The molecule has 0 fully saturated rings. The highest BCUT2D eigenvalue weighted by molar-refractivity contribution is 6.42. The summed E-state index contributed by atoms with van der Waals surface area (Å²) in [6, 6.07) is 1.17. The molecule has 0 aromatic heterocycles. The maximum Gasteiger partial charge on any atom is 0.379 e. The molecular weight excluding hydrogens is 288 g/mol. The van der Waals surface area contributed by atoms with Crippen molar-refractivity contribution >= 4 is 29.6 Å². The number of ketones is 1. The van der Waals surface area contributed by atoms with Crippen LogP contribution >= 0.6 is 11.6 Å². The Labute approximate surface area is 120 Å². The van der Waals surface area contributed by atoms with Gasteiger partial charge in [-0.2, -0.15) is 0 Å². The summed E-state index contributed by atoms with van der Waals surface area (Å²) in [7, 11) is 2.57. The molecule has 1 rings (SSSR count). The molecule has 0 spiro atoms. The van der Waals surface area contributed by atoms with Crippen LogP contribution < -0.4 is 9.47 Å². The van der Waals surface area contributed by atoms with Crippen LogP contribution in [-0.4, -0.2) is 38.9 Å². The van der Waals surface area contributed by atoms with E-state index in [0.717, 1.165) is 0 Å². The maximum absolute atomic E-state index is 12.0. The molecule has 20 heavy (non-hydrogen) atoms. The fourth-order valence-electron chi connectivity index (χ4n) is 1.61. The van der Waals surface area contributed by atoms with E-state index in [2.05, 4.69) is 4.74 Å². The molecule has 0 aliphatic heterocycles. The number of hydrogen-bond acceptors (Lipinski definition) is 6. The third kappa shape index (κ3) is 2.91. The second-order valence-electron chi connectivity index (χ2n) is 3.55. The Morgan fingerprint density at radius 2 is 1.85 bits per heavy atom. The van der Waals surface area contributed by atoms with Crippen LogP contribution in [0.15, 0.2) is 6.07 Å². The average molecular weight is 301 g/mol. The summed E-state index contributed by atoms with van der Waals surface area (Å²) in [4.78, 5) is 34.5. The largest absolute Gasteiger partial charge is 0.492 e. The lowest BCUT2D eigenvalue weighted by Gasteiger charge is -2.14. The van der Waals surface area contributed by atoms with Crippen molar-refractivity contribution in [1.29, 1.82) is 0 Å². The molecule has 108 valence electrons. The number of Topliss-reactive ketones (excluding diaryl/α,β-unsaturated/α-hetero) is 1. The Bertz CT molecular complexity index is 552. The second kappa shape index (κ2) is 6.91. The van der Waals surface area contributed by atoms with Crippen LogP contribution in [0.1, 0.15) is 27.6 Å². The molecule has 0 saturated heterocycles. The van der Waals surface area contributed by atoms with E-state index in [1.165, 1.54) is 20.3 Å². The van der Waals surface area contributed by atoms with E-state index in [4.69, 9.17) is 21.1 Å². The molecular formula is C13H13ClO6. The molecule has 0 unspecified atom stereocenters. The smallest absolute Gasteiger partial charge is 0.379 e. The highest BCUT2D eigenvalue weighted by atomic mass is 35.5. The van der Waals surface area contributed by atoms with Gasteiger partial charge in [0.2, 0.25) is 0 Å². The summed E-state index contributed by atoms with van der Waals surface area (Å²) >= 11 is 5.90. The predicted octanol–water partition coefficient (Wildman–Crippen LogP) is 1.92. The van der Waals surface area contributed by atoms with E-state index in [0.29, 0.717) is 6.29 Å². The molecule has 1 aromatic carbocycles. The van der Waals surface area contributed by atoms with Gasteiger partial charge in [0, 0.05) is 0 Å². The number of benzene rings is 1. The van der Waals surface area contributed by atoms with Gasteiger partial charge in [-0.15, -0.1) is 0 Å². The van der Waals surface area contributed by atoms with Gasteiger partial charge in [0.15, 0.2) is 17.8 Å². The standard InChI is InChI=1S/C13H13ClO6/c1-4-20-13(17)10(16)7-5-9(14)8(6-15)12(19-3)11(7)18-2/h5-6H,4H2,1-3H3. The van der Waals surface area contributed by atoms with Gasteiger partial charge in [0.1, 0.15) is 0 Å². The number of carbonyl (C=O) groups excluding carboxylic acids is 3. The summed E-state index contributed by atoms with van der Waals surface area (Å²) in [6.07, 6.45) is 0.475. The molecule has 0 saturated carbocycles. The summed E-state index contributed by atoms with van der Waals surface area (Å²) in [5.41, 5.74) is -0.0928. The molecule has 0 radical (unpaired) electrons. The first-order chi connectivity index (χ1) is 9.51. The molecule has 1 aromatic rings. The first-order valence-corrected chi connectivity index (χ1v) is 6.00. The van der Waals surface area contributed by atoms with Gasteiger partial charge in [-0.05, 0) is 13.0 Å². The molecule has 0 atom stereocenters. The summed E-state index contributed by atoms with van der Waals surface area (Å²) < 4.78 is 14.7. The molecule has 0 heterocycles. The second-order valence-corrected chi connectivity index (χ2v) is 3.96. The van der Waals surface area contributed by atoms with Crippen molar-refractivity contribution in [2.45, 2.75) is 6.92 Å². The Hall–Kier alpha value is -2.08. The lowest BCUT2D eigenvalue weighted by atomic mass is 10.1. The van der Waals surface area contributed by atoms with E-state index >= 15 is 0 Å². The lowest BCUT2D eigenvalue weighted by molar-refractivity contribution is -0.137. The number of rotatable bonds is 6. The molecule has 0 aliphatic rings. The molecule has 0 bridgehead atoms. The van der Waals surface area contributed by atoms with Gasteiger partial charge in [-0.1, -0.05) is 11.6 Å². The Kier molecular flexibility index (Phi) is 5.52. The van der Waals surface area contributed by atoms with Crippen LogP contribution in [0.25, 0.3) is 0 Å². The Balaban J connectivity index is 3.48. The average Bonchev–Trinajstić information content (AvgIpc) is 2.45. The molecule has 0 N–H and O–H groups in total. The fourth-order valence-corrected chi connectivity index (χ4v) is 1.85. The van der Waals surface area contributed by atoms with Gasteiger partial charge in [0.05, 0.1) is 37.0 Å². The zero-order valence-electron chi connectivity index (χ0n) is 11.2. The van der Waals surface area contributed by atoms with Crippen molar-refractivity contribution in [3.05, 3.63) is 22.2 Å². The first-order valence-electron chi connectivity index (χ1n) is 5.62. The Morgan fingerprint density at radius 3 is 2.30 bits per heavy atom.